The fourth-order valence-corrected chi connectivity index (χ4v) is 6.80. The molecule has 1 heterocycles. The van der Waals surface area contributed by atoms with Crippen LogP contribution in [-0.4, -0.2) is 0 Å². The van der Waals surface area contributed by atoms with Gasteiger partial charge in [-0.1, -0.05) is 127 Å². The zero-order chi connectivity index (χ0) is 29.0. The monoisotopic (exact) mass is 561 g/mol. The van der Waals surface area contributed by atoms with Gasteiger partial charge in [-0.2, -0.15) is 0 Å². The topological polar surface area (TPSA) is 16.4 Å². The van der Waals surface area contributed by atoms with Crippen LogP contribution in [0.4, 0.5) is 17.1 Å². The Labute approximate surface area is 255 Å². The highest BCUT2D eigenvalue weighted by Crippen LogP contribution is 2.45. The Morgan fingerprint density at radius 1 is 0.386 bits per heavy atom. The molecule has 0 amide bonds. The lowest BCUT2D eigenvalue weighted by Gasteiger charge is -2.28. The van der Waals surface area contributed by atoms with Gasteiger partial charge in [0.15, 0.2) is 0 Å². The molecule has 0 saturated heterocycles. The van der Waals surface area contributed by atoms with E-state index in [-0.39, 0.29) is 0 Å². The Hall–Kier alpha value is -5.86. The van der Waals surface area contributed by atoms with Crippen LogP contribution in [0.15, 0.2) is 168 Å². The number of furan rings is 1. The predicted octanol–water partition coefficient (Wildman–Crippen LogP) is 12.2. The van der Waals surface area contributed by atoms with Crippen LogP contribution in [0.25, 0.3) is 65.4 Å². The highest BCUT2D eigenvalue weighted by Gasteiger charge is 2.21. The SMILES string of the molecule is c1ccc2c(-c3ccc(N(c4cccc5ccccc45)c4cccc5ccc6c7ccccc7oc6c45)cc3)cccc2c1. The van der Waals surface area contributed by atoms with Gasteiger partial charge in [0.1, 0.15) is 11.2 Å². The van der Waals surface area contributed by atoms with E-state index in [0.29, 0.717) is 0 Å². The third-order valence-corrected chi connectivity index (χ3v) is 8.84. The molecule has 9 rings (SSSR count). The Kier molecular flexibility index (Phi) is 5.54. The standard InChI is InChI=1S/C42H27NO/c1-3-15-33-28(10-1)12-7-18-34(33)30-22-25-32(26-23-30)43(38-19-8-13-29-11-2-4-16-35(29)38)39-20-9-14-31-24-27-37-36-17-5-6-21-40(36)44-42(37)41(31)39/h1-27H. The minimum atomic E-state index is 0.904. The van der Waals surface area contributed by atoms with Gasteiger partial charge in [0.25, 0.3) is 0 Å². The van der Waals surface area contributed by atoms with E-state index >= 15 is 0 Å². The van der Waals surface area contributed by atoms with Crippen molar-refractivity contribution in [1.29, 1.82) is 0 Å². The molecule has 8 aromatic carbocycles. The largest absolute Gasteiger partial charge is 0.455 e. The third-order valence-electron chi connectivity index (χ3n) is 8.84. The minimum absolute atomic E-state index is 0.904. The molecule has 2 nitrogen and oxygen atoms in total. The van der Waals surface area contributed by atoms with Crippen molar-refractivity contribution < 1.29 is 4.42 Å². The number of hydrogen-bond acceptors (Lipinski definition) is 2. The molecule has 0 saturated carbocycles. The zero-order valence-electron chi connectivity index (χ0n) is 23.9. The van der Waals surface area contributed by atoms with Gasteiger partial charge in [-0.15, -0.1) is 0 Å². The van der Waals surface area contributed by atoms with Gasteiger partial charge < -0.3 is 9.32 Å². The molecule has 0 unspecified atom stereocenters. The van der Waals surface area contributed by atoms with Gasteiger partial charge in [-0.05, 0) is 69.1 Å². The summed E-state index contributed by atoms with van der Waals surface area (Å²) in [5.41, 5.74) is 7.55. The molecule has 0 radical (unpaired) electrons. The van der Waals surface area contributed by atoms with Gasteiger partial charge in [0.05, 0.1) is 11.4 Å². The number of para-hydroxylation sites is 1. The normalized spacial score (nSPS) is 11.6. The predicted molar refractivity (Wildman–Crippen MR) is 186 cm³/mol. The average molecular weight is 562 g/mol. The molecule has 0 aliphatic carbocycles. The quantitative estimate of drug-likeness (QED) is 0.212. The van der Waals surface area contributed by atoms with Gasteiger partial charge >= 0.3 is 0 Å². The second kappa shape index (κ2) is 9.86. The average Bonchev–Trinajstić information content (AvgIpc) is 3.48. The van der Waals surface area contributed by atoms with Crippen LogP contribution >= 0.6 is 0 Å². The molecule has 9 aromatic rings. The lowest BCUT2D eigenvalue weighted by molar-refractivity contribution is 0.672. The van der Waals surface area contributed by atoms with Crippen molar-refractivity contribution in [2.45, 2.75) is 0 Å². The van der Waals surface area contributed by atoms with Crippen LogP contribution in [0.1, 0.15) is 0 Å². The molecule has 0 fully saturated rings. The van der Waals surface area contributed by atoms with E-state index in [9.17, 15) is 0 Å². The van der Waals surface area contributed by atoms with Crippen LogP contribution in [0.3, 0.4) is 0 Å². The summed E-state index contributed by atoms with van der Waals surface area (Å²) in [5, 5.41) is 9.42. The summed E-state index contributed by atoms with van der Waals surface area (Å²) in [6.45, 7) is 0. The second-order valence-electron chi connectivity index (χ2n) is 11.3. The molecule has 206 valence electrons. The number of hydrogen-bond donors (Lipinski definition) is 0. The fraction of sp³-hybridized carbons (Fsp3) is 0. The smallest absolute Gasteiger partial charge is 0.145 e. The van der Waals surface area contributed by atoms with Crippen molar-refractivity contribution in [1.82, 2.24) is 0 Å². The molecule has 1 aromatic heterocycles. The molecular formula is C42H27NO. The van der Waals surface area contributed by atoms with E-state index in [4.69, 9.17) is 4.42 Å². The summed E-state index contributed by atoms with van der Waals surface area (Å²) in [5.74, 6) is 0. The summed E-state index contributed by atoms with van der Waals surface area (Å²) in [6, 6.07) is 58.5. The molecular weight excluding hydrogens is 534 g/mol. The Bertz CT molecular complexity index is 2490. The van der Waals surface area contributed by atoms with Crippen LogP contribution in [0.2, 0.25) is 0 Å². The van der Waals surface area contributed by atoms with Crippen molar-refractivity contribution in [3.05, 3.63) is 164 Å². The van der Waals surface area contributed by atoms with Crippen molar-refractivity contribution in [3.8, 4) is 11.1 Å². The molecule has 0 aliphatic heterocycles. The van der Waals surface area contributed by atoms with E-state index < -0.39 is 0 Å². The van der Waals surface area contributed by atoms with Gasteiger partial charge in [-0.3, -0.25) is 0 Å². The molecule has 0 bridgehead atoms. The van der Waals surface area contributed by atoms with Crippen LogP contribution < -0.4 is 4.90 Å². The van der Waals surface area contributed by atoms with Crippen molar-refractivity contribution >= 4 is 71.3 Å². The maximum Gasteiger partial charge on any atom is 0.145 e. The lowest BCUT2D eigenvalue weighted by Crippen LogP contribution is -2.11. The lowest BCUT2D eigenvalue weighted by atomic mass is 9.97. The van der Waals surface area contributed by atoms with Crippen LogP contribution in [0, 0.1) is 0 Å². The molecule has 0 aliphatic rings. The number of fused-ring (bicyclic) bond motifs is 7. The minimum Gasteiger partial charge on any atom is -0.455 e. The number of rotatable bonds is 4. The number of nitrogens with zero attached hydrogens (tertiary/aromatic N) is 1. The summed E-state index contributed by atoms with van der Waals surface area (Å²) in [7, 11) is 0. The third kappa shape index (κ3) is 3.82. The van der Waals surface area contributed by atoms with E-state index in [1.54, 1.807) is 0 Å². The summed E-state index contributed by atoms with van der Waals surface area (Å²) < 4.78 is 6.61. The van der Waals surface area contributed by atoms with Gasteiger partial charge in [-0.25, -0.2) is 0 Å². The van der Waals surface area contributed by atoms with Gasteiger partial charge in [0.2, 0.25) is 0 Å². The van der Waals surface area contributed by atoms with E-state index in [1.165, 1.54) is 32.7 Å². The summed E-state index contributed by atoms with van der Waals surface area (Å²) >= 11 is 0. The second-order valence-corrected chi connectivity index (χ2v) is 11.3. The Morgan fingerprint density at radius 2 is 1.00 bits per heavy atom. The molecule has 0 atom stereocenters. The van der Waals surface area contributed by atoms with E-state index in [2.05, 4.69) is 163 Å². The molecule has 2 heteroatoms. The maximum atomic E-state index is 6.61. The summed E-state index contributed by atoms with van der Waals surface area (Å²) in [6.07, 6.45) is 0. The van der Waals surface area contributed by atoms with Crippen LogP contribution in [-0.2, 0) is 0 Å². The van der Waals surface area contributed by atoms with Gasteiger partial charge in [0, 0.05) is 27.2 Å². The van der Waals surface area contributed by atoms with Crippen molar-refractivity contribution in [2.75, 3.05) is 4.90 Å². The molecule has 0 N–H and O–H groups in total. The first kappa shape index (κ1) is 24.7. The van der Waals surface area contributed by atoms with Crippen molar-refractivity contribution in [2.24, 2.45) is 0 Å². The highest BCUT2D eigenvalue weighted by atomic mass is 16.3. The maximum absolute atomic E-state index is 6.61. The first-order valence-corrected chi connectivity index (χ1v) is 15.0. The highest BCUT2D eigenvalue weighted by molar-refractivity contribution is 6.20. The first-order chi connectivity index (χ1) is 21.8. The molecule has 44 heavy (non-hydrogen) atoms. The van der Waals surface area contributed by atoms with E-state index in [1.807, 2.05) is 6.07 Å². The molecule has 0 spiro atoms. The fourth-order valence-electron chi connectivity index (χ4n) is 6.80. The number of anilines is 3. The van der Waals surface area contributed by atoms with Crippen molar-refractivity contribution in [3.63, 3.8) is 0 Å². The number of benzene rings is 8. The first-order valence-electron chi connectivity index (χ1n) is 15.0. The van der Waals surface area contributed by atoms with E-state index in [0.717, 1.165) is 49.8 Å². The summed E-state index contributed by atoms with van der Waals surface area (Å²) in [4.78, 5) is 2.39. The zero-order valence-corrected chi connectivity index (χ0v) is 23.9. The van der Waals surface area contributed by atoms with Crippen LogP contribution in [0.5, 0.6) is 0 Å². The Morgan fingerprint density at radius 3 is 1.82 bits per heavy atom. The Balaban J connectivity index is 1.31.